The number of hydrogen-bond acceptors (Lipinski definition) is 2. The van der Waals surface area contributed by atoms with Crippen molar-refractivity contribution in [3.8, 4) is 44.5 Å². The normalized spacial score (nSPS) is 11.2. The van der Waals surface area contributed by atoms with Crippen LogP contribution >= 0.6 is 11.3 Å². The van der Waals surface area contributed by atoms with Crippen LogP contribution in [0.5, 0.6) is 0 Å². The van der Waals surface area contributed by atoms with Crippen LogP contribution < -0.4 is 4.90 Å². The van der Waals surface area contributed by atoms with Crippen LogP contribution in [0.25, 0.3) is 64.7 Å². The summed E-state index contributed by atoms with van der Waals surface area (Å²) < 4.78 is 2.59. The van der Waals surface area contributed by atoms with Gasteiger partial charge in [-0.2, -0.15) is 0 Å². The van der Waals surface area contributed by atoms with E-state index in [4.69, 9.17) is 0 Å². The van der Waals surface area contributed by atoms with Crippen LogP contribution in [0.1, 0.15) is 0 Å². The molecule has 0 aliphatic carbocycles. The zero-order valence-electron chi connectivity index (χ0n) is 27.4. The number of nitrogens with zero attached hydrogens (tertiary/aromatic N) is 1. The molecule has 9 aromatic rings. The summed E-state index contributed by atoms with van der Waals surface area (Å²) in [5.74, 6) is 0. The quantitative estimate of drug-likeness (QED) is 0.165. The zero-order chi connectivity index (χ0) is 33.3. The van der Waals surface area contributed by atoms with Crippen LogP contribution in [-0.4, -0.2) is 0 Å². The Labute approximate surface area is 297 Å². The van der Waals surface area contributed by atoms with E-state index in [1.54, 1.807) is 0 Å². The molecule has 50 heavy (non-hydrogen) atoms. The summed E-state index contributed by atoms with van der Waals surface area (Å²) in [5.41, 5.74) is 13.0. The highest BCUT2D eigenvalue weighted by Gasteiger charge is 2.20. The highest BCUT2D eigenvalue weighted by Crippen LogP contribution is 2.46. The molecular weight excluding hydrogens is 623 g/mol. The van der Waals surface area contributed by atoms with Crippen molar-refractivity contribution in [3.05, 3.63) is 200 Å². The molecule has 0 saturated carbocycles. The van der Waals surface area contributed by atoms with Crippen molar-refractivity contribution in [2.45, 2.75) is 0 Å². The third-order valence-corrected chi connectivity index (χ3v) is 10.6. The van der Waals surface area contributed by atoms with Gasteiger partial charge in [-0.15, -0.1) is 11.3 Å². The summed E-state index contributed by atoms with van der Waals surface area (Å²) in [6.07, 6.45) is 0. The number of rotatable bonds is 7. The van der Waals surface area contributed by atoms with Crippen molar-refractivity contribution >= 4 is 48.6 Å². The van der Waals surface area contributed by atoms with E-state index < -0.39 is 0 Å². The second-order valence-corrected chi connectivity index (χ2v) is 13.7. The van der Waals surface area contributed by atoms with Crippen LogP contribution in [0.3, 0.4) is 0 Å². The lowest BCUT2D eigenvalue weighted by Gasteiger charge is -2.28. The summed E-state index contributed by atoms with van der Waals surface area (Å²) in [7, 11) is 0. The Hall–Kier alpha value is -6.22. The summed E-state index contributed by atoms with van der Waals surface area (Å²) in [5, 5.41) is 2.60. The van der Waals surface area contributed by atoms with E-state index in [0.29, 0.717) is 0 Å². The van der Waals surface area contributed by atoms with Gasteiger partial charge in [0, 0.05) is 37.1 Å². The van der Waals surface area contributed by atoms with Gasteiger partial charge in [-0.05, 0) is 81.4 Å². The fraction of sp³-hybridized carbons (Fsp3) is 0. The van der Waals surface area contributed by atoms with Gasteiger partial charge in [-0.3, -0.25) is 0 Å². The Kier molecular flexibility index (Phi) is 7.77. The molecule has 0 aliphatic rings. The maximum Gasteiger partial charge on any atom is 0.0554 e. The second kappa shape index (κ2) is 13.0. The average molecular weight is 656 g/mol. The van der Waals surface area contributed by atoms with Crippen molar-refractivity contribution in [3.63, 3.8) is 0 Å². The fourth-order valence-corrected chi connectivity index (χ4v) is 8.06. The summed E-state index contributed by atoms with van der Waals surface area (Å²) in [6.45, 7) is 0. The smallest absolute Gasteiger partial charge is 0.0554 e. The van der Waals surface area contributed by atoms with E-state index in [2.05, 4.69) is 205 Å². The third kappa shape index (κ3) is 5.66. The highest BCUT2D eigenvalue weighted by molar-refractivity contribution is 7.25. The van der Waals surface area contributed by atoms with Crippen molar-refractivity contribution in [2.24, 2.45) is 0 Å². The van der Waals surface area contributed by atoms with E-state index in [9.17, 15) is 0 Å². The van der Waals surface area contributed by atoms with E-state index >= 15 is 0 Å². The van der Waals surface area contributed by atoms with Crippen LogP contribution in [-0.2, 0) is 0 Å². The van der Waals surface area contributed by atoms with E-state index in [1.807, 2.05) is 11.3 Å². The van der Waals surface area contributed by atoms with Gasteiger partial charge in [0.1, 0.15) is 0 Å². The molecule has 0 bridgehead atoms. The minimum atomic E-state index is 1.11. The topological polar surface area (TPSA) is 3.24 Å². The monoisotopic (exact) mass is 655 g/mol. The maximum atomic E-state index is 2.42. The largest absolute Gasteiger partial charge is 0.310 e. The van der Waals surface area contributed by atoms with Crippen molar-refractivity contribution < 1.29 is 0 Å². The molecule has 1 aromatic heterocycles. The number of thiophene rings is 1. The molecule has 0 fully saturated rings. The molecule has 0 atom stereocenters. The van der Waals surface area contributed by atoms with E-state index in [0.717, 1.165) is 17.1 Å². The first kappa shape index (κ1) is 29.9. The SMILES string of the molecule is c1ccc(-c2ccc(-c3ccc(N(c4ccc(-c5ccccc5)cc4)c4cc5sc6ccccc6c5cc4-c4ccccc4)cc3)cc2)cc1. The van der Waals surface area contributed by atoms with E-state index in [-0.39, 0.29) is 0 Å². The van der Waals surface area contributed by atoms with Gasteiger partial charge in [0.15, 0.2) is 0 Å². The number of fused-ring (bicyclic) bond motifs is 3. The minimum absolute atomic E-state index is 1.11. The fourth-order valence-electron chi connectivity index (χ4n) is 6.94. The van der Waals surface area contributed by atoms with Crippen LogP contribution in [0.2, 0.25) is 0 Å². The predicted molar refractivity (Wildman–Crippen MR) is 216 cm³/mol. The van der Waals surface area contributed by atoms with E-state index in [1.165, 1.54) is 64.7 Å². The van der Waals surface area contributed by atoms with Crippen molar-refractivity contribution in [1.29, 1.82) is 0 Å². The Morgan fingerprint density at radius 1 is 0.300 bits per heavy atom. The zero-order valence-corrected chi connectivity index (χ0v) is 28.2. The maximum absolute atomic E-state index is 2.42. The molecule has 0 unspecified atom stereocenters. The molecule has 0 saturated heterocycles. The lowest BCUT2D eigenvalue weighted by Crippen LogP contribution is -2.11. The third-order valence-electron chi connectivity index (χ3n) is 9.50. The Balaban J connectivity index is 1.19. The number of hydrogen-bond donors (Lipinski definition) is 0. The molecule has 8 aromatic carbocycles. The van der Waals surface area contributed by atoms with Crippen molar-refractivity contribution in [2.75, 3.05) is 4.90 Å². The molecule has 1 nitrogen and oxygen atoms in total. The molecule has 2 heteroatoms. The van der Waals surface area contributed by atoms with Gasteiger partial charge >= 0.3 is 0 Å². The van der Waals surface area contributed by atoms with Crippen molar-refractivity contribution in [1.82, 2.24) is 0 Å². The summed E-state index contributed by atoms with van der Waals surface area (Å²) >= 11 is 1.86. The Bertz CT molecular complexity index is 2530. The van der Waals surface area contributed by atoms with Crippen LogP contribution in [0.4, 0.5) is 17.1 Å². The van der Waals surface area contributed by atoms with Crippen LogP contribution in [0.15, 0.2) is 200 Å². The molecule has 1 heterocycles. The first-order valence-corrected chi connectivity index (χ1v) is 17.8. The average Bonchev–Trinajstić information content (AvgIpc) is 3.57. The number of anilines is 3. The van der Waals surface area contributed by atoms with Gasteiger partial charge in [-0.25, -0.2) is 0 Å². The van der Waals surface area contributed by atoms with Crippen LogP contribution in [0, 0.1) is 0 Å². The van der Waals surface area contributed by atoms with Gasteiger partial charge in [0.25, 0.3) is 0 Å². The lowest BCUT2D eigenvalue weighted by molar-refractivity contribution is 1.29. The highest BCUT2D eigenvalue weighted by atomic mass is 32.1. The Morgan fingerprint density at radius 3 is 1.20 bits per heavy atom. The number of benzene rings is 8. The second-order valence-electron chi connectivity index (χ2n) is 12.6. The molecule has 9 rings (SSSR count). The summed E-state index contributed by atoms with van der Waals surface area (Å²) in [4.78, 5) is 2.42. The molecule has 0 spiro atoms. The molecule has 0 N–H and O–H groups in total. The molecule has 236 valence electrons. The first-order chi connectivity index (χ1) is 24.8. The molecule has 0 radical (unpaired) electrons. The first-order valence-electron chi connectivity index (χ1n) is 17.0. The minimum Gasteiger partial charge on any atom is -0.310 e. The standard InChI is InChI=1S/C48H33NS/c1-4-12-34(13-5-1)36-20-22-37(23-21-36)39-26-30-42(31-27-39)49(41-28-24-38(25-29-41)35-14-6-2-7-15-35)46-33-48-45(43-18-10-11-19-47(43)50-48)32-44(46)40-16-8-3-9-17-40/h1-33H. The van der Waals surface area contributed by atoms with Gasteiger partial charge in [0.05, 0.1) is 5.69 Å². The van der Waals surface area contributed by atoms with Gasteiger partial charge < -0.3 is 4.90 Å². The molecular formula is C48H33NS. The molecule has 0 amide bonds. The Morgan fingerprint density at radius 2 is 0.700 bits per heavy atom. The van der Waals surface area contributed by atoms with Gasteiger partial charge in [-0.1, -0.05) is 158 Å². The predicted octanol–water partition coefficient (Wildman–Crippen LogP) is 14.2. The summed E-state index contributed by atoms with van der Waals surface area (Å²) in [6, 6.07) is 72.3. The molecule has 0 aliphatic heterocycles. The lowest BCUT2D eigenvalue weighted by atomic mass is 9.98. The van der Waals surface area contributed by atoms with Gasteiger partial charge in [0.2, 0.25) is 0 Å².